The first-order valence-corrected chi connectivity index (χ1v) is 7.62. The second-order valence-corrected chi connectivity index (χ2v) is 5.72. The number of anilines is 1. The van der Waals surface area contributed by atoms with Crippen LogP contribution in [0, 0.1) is 19.5 Å². The van der Waals surface area contributed by atoms with Gasteiger partial charge in [-0.15, -0.1) is 0 Å². The molecule has 0 atom stereocenters. The summed E-state index contributed by atoms with van der Waals surface area (Å²) in [5, 5.41) is 13.1. The molecule has 0 saturated heterocycles. The fraction of sp³-hybridized carbons (Fsp3) is 0.133. The molecule has 2 aromatic rings. The van der Waals surface area contributed by atoms with Crippen LogP contribution in [0.1, 0.15) is 10.4 Å². The number of nitrogens with one attached hydrogen (secondary N) is 1. The van der Waals surface area contributed by atoms with E-state index in [4.69, 9.17) is 9.47 Å². The summed E-state index contributed by atoms with van der Waals surface area (Å²) in [7, 11) is 2.76. The number of non-ortho nitro benzene ring substituents is 1. The molecule has 2 aromatic carbocycles. The van der Waals surface area contributed by atoms with Crippen molar-refractivity contribution in [2.24, 2.45) is 0 Å². The summed E-state index contributed by atoms with van der Waals surface area (Å²) in [4.78, 5) is 22.5. The summed E-state index contributed by atoms with van der Waals surface area (Å²) < 4.78 is 24.5. The molecule has 1 N–H and O–H groups in total. The lowest BCUT2D eigenvalue weighted by molar-refractivity contribution is -0.384. The summed E-state index contributed by atoms with van der Waals surface area (Å²) in [5.41, 5.74) is -0.0320. The van der Waals surface area contributed by atoms with Crippen molar-refractivity contribution in [3.05, 3.63) is 55.4 Å². The molecule has 7 nitrogen and oxygen atoms in total. The number of carbonyl (C=O) groups is 1. The van der Waals surface area contributed by atoms with Crippen molar-refractivity contribution < 1.29 is 23.6 Å². The van der Waals surface area contributed by atoms with Crippen LogP contribution in [0.25, 0.3) is 0 Å². The quantitative estimate of drug-likeness (QED) is 0.431. The van der Waals surface area contributed by atoms with Gasteiger partial charge in [-0.2, -0.15) is 0 Å². The molecule has 0 unspecified atom stereocenters. The molecule has 0 aliphatic heterocycles. The van der Waals surface area contributed by atoms with Gasteiger partial charge in [0, 0.05) is 27.8 Å². The third-order valence-corrected chi connectivity index (χ3v) is 4.02. The summed E-state index contributed by atoms with van der Waals surface area (Å²) in [5.74, 6) is -0.844. The third kappa shape index (κ3) is 3.72. The predicted molar refractivity (Wildman–Crippen MR) is 93.3 cm³/mol. The fourth-order valence-electron chi connectivity index (χ4n) is 1.94. The predicted octanol–water partition coefficient (Wildman–Crippen LogP) is 3.61. The molecule has 126 valence electrons. The molecule has 2 rings (SSSR count). The van der Waals surface area contributed by atoms with Crippen molar-refractivity contribution in [2.75, 3.05) is 19.5 Å². The van der Waals surface area contributed by atoms with E-state index < -0.39 is 16.6 Å². The standard InChI is InChI=1S/C15H12FIN2O5/c1-23-13-6-10(16)12(7-14(13)24-2)18-15(20)9-4-3-8(19(21)22)5-11(9)17/h3-7H,1-2H3,(H,18,20). The first-order valence-electron chi connectivity index (χ1n) is 6.54. The summed E-state index contributed by atoms with van der Waals surface area (Å²) in [6.45, 7) is 0. The number of nitro groups is 1. The second-order valence-electron chi connectivity index (χ2n) is 4.56. The zero-order valence-corrected chi connectivity index (χ0v) is 14.8. The fourth-order valence-corrected chi connectivity index (χ4v) is 2.69. The molecule has 9 heteroatoms. The number of rotatable bonds is 5. The average Bonchev–Trinajstić information content (AvgIpc) is 2.55. The van der Waals surface area contributed by atoms with Gasteiger partial charge in [0.1, 0.15) is 0 Å². The van der Waals surface area contributed by atoms with E-state index in [1.165, 1.54) is 38.5 Å². The van der Waals surface area contributed by atoms with Gasteiger partial charge in [-0.25, -0.2) is 4.39 Å². The molecular weight excluding hydrogens is 434 g/mol. The molecule has 0 fully saturated rings. The number of hydrogen-bond acceptors (Lipinski definition) is 5. The van der Waals surface area contributed by atoms with Gasteiger partial charge < -0.3 is 14.8 Å². The van der Waals surface area contributed by atoms with Crippen LogP contribution >= 0.6 is 22.6 Å². The van der Waals surface area contributed by atoms with Crippen molar-refractivity contribution in [1.29, 1.82) is 0 Å². The van der Waals surface area contributed by atoms with Gasteiger partial charge in [0.15, 0.2) is 17.3 Å². The Hall–Kier alpha value is -2.43. The average molecular weight is 446 g/mol. The van der Waals surface area contributed by atoms with Gasteiger partial charge in [-0.1, -0.05) is 0 Å². The molecule has 24 heavy (non-hydrogen) atoms. The van der Waals surface area contributed by atoms with Crippen molar-refractivity contribution >= 4 is 39.9 Å². The van der Waals surface area contributed by atoms with Gasteiger partial charge in [0.2, 0.25) is 0 Å². The maximum absolute atomic E-state index is 14.1. The summed E-state index contributed by atoms with van der Waals surface area (Å²) in [6, 6.07) is 6.18. The Labute approximate surface area is 150 Å². The number of nitro benzene ring substituents is 1. The smallest absolute Gasteiger partial charge is 0.270 e. The Bertz CT molecular complexity index is 813. The SMILES string of the molecule is COc1cc(F)c(NC(=O)c2ccc([N+](=O)[O-])cc2I)cc1OC. The third-order valence-electron chi connectivity index (χ3n) is 3.13. The maximum Gasteiger partial charge on any atom is 0.270 e. The Morgan fingerprint density at radius 3 is 2.38 bits per heavy atom. The topological polar surface area (TPSA) is 90.7 Å². The van der Waals surface area contributed by atoms with E-state index in [1.807, 2.05) is 22.6 Å². The van der Waals surface area contributed by atoms with E-state index in [0.29, 0.717) is 3.57 Å². The minimum Gasteiger partial charge on any atom is -0.493 e. The number of amides is 1. The van der Waals surface area contributed by atoms with E-state index in [2.05, 4.69) is 5.32 Å². The van der Waals surface area contributed by atoms with Crippen LogP contribution in [-0.4, -0.2) is 25.1 Å². The Balaban J connectivity index is 2.31. The second kappa shape index (κ2) is 7.43. The zero-order valence-electron chi connectivity index (χ0n) is 12.6. The Morgan fingerprint density at radius 2 is 1.83 bits per heavy atom. The van der Waals surface area contributed by atoms with Gasteiger partial charge in [0.05, 0.1) is 30.4 Å². The van der Waals surface area contributed by atoms with Crippen LogP contribution in [0.2, 0.25) is 0 Å². The van der Waals surface area contributed by atoms with E-state index in [0.717, 1.165) is 6.07 Å². The first-order chi connectivity index (χ1) is 11.4. The van der Waals surface area contributed by atoms with Crippen LogP contribution < -0.4 is 14.8 Å². The largest absolute Gasteiger partial charge is 0.493 e. The molecule has 0 bridgehead atoms. The maximum atomic E-state index is 14.1. The minimum atomic E-state index is -0.696. The van der Waals surface area contributed by atoms with Crippen LogP contribution in [0.5, 0.6) is 11.5 Å². The van der Waals surface area contributed by atoms with Crippen molar-refractivity contribution in [1.82, 2.24) is 0 Å². The van der Waals surface area contributed by atoms with Gasteiger partial charge in [-0.05, 0) is 28.7 Å². The number of ether oxygens (including phenoxy) is 2. The number of nitrogens with zero attached hydrogens (tertiary/aromatic N) is 1. The molecule has 0 radical (unpaired) electrons. The Morgan fingerprint density at radius 1 is 1.21 bits per heavy atom. The molecular formula is C15H12FIN2O5. The zero-order chi connectivity index (χ0) is 17.9. The van der Waals surface area contributed by atoms with Crippen molar-refractivity contribution in [3.8, 4) is 11.5 Å². The van der Waals surface area contributed by atoms with E-state index >= 15 is 0 Å². The van der Waals surface area contributed by atoms with Crippen LogP contribution in [0.3, 0.4) is 0 Å². The lowest BCUT2D eigenvalue weighted by Gasteiger charge is -2.12. The number of carbonyl (C=O) groups excluding carboxylic acids is 1. The highest BCUT2D eigenvalue weighted by atomic mass is 127. The van der Waals surface area contributed by atoms with Crippen LogP contribution in [0.15, 0.2) is 30.3 Å². The lowest BCUT2D eigenvalue weighted by atomic mass is 10.2. The molecule has 0 spiro atoms. The van der Waals surface area contributed by atoms with Gasteiger partial charge in [0.25, 0.3) is 11.6 Å². The van der Waals surface area contributed by atoms with Crippen LogP contribution in [0.4, 0.5) is 15.8 Å². The minimum absolute atomic E-state index is 0.0909. The lowest BCUT2D eigenvalue weighted by Crippen LogP contribution is -2.15. The summed E-state index contributed by atoms with van der Waals surface area (Å²) in [6.07, 6.45) is 0. The molecule has 0 aliphatic carbocycles. The van der Waals surface area contributed by atoms with Crippen LogP contribution in [-0.2, 0) is 0 Å². The van der Waals surface area contributed by atoms with Crippen molar-refractivity contribution in [3.63, 3.8) is 0 Å². The number of halogens is 2. The number of methoxy groups -OCH3 is 2. The molecule has 0 saturated carbocycles. The molecule has 0 aliphatic rings. The highest BCUT2D eigenvalue weighted by Crippen LogP contribution is 2.32. The van der Waals surface area contributed by atoms with Gasteiger partial charge >= 0.3 is 0 Å². The summed E-state index contributed by atoms with van der Waals surface area (Å²) >= 11 is 1.81. The number of hydrogen-bond donors (Lipinski definition) is 1. The van der Waals surface area contributed by atoms with E-state index in [-0.39, 0.29) is 28.4 Å². The molecule has 1 amide bonds. The highest BCUT2D eigenvalue weighted by Gasteiger charge is 2.18. The molecule has 0 aromatic heterocycles. The van der Waals surface area contributed by atoms with E-state index in [1.54, 1.807) is 0 Å². The van der Waals surface area contributed by atoms with E-state index in [9.17, 15) is 19.3 Å². The Kier molecular flexibility index (Phi) is 5.54. The monoisotopic (exact) mass is 446 g/mol. The van der Waals surface area contributed by atoms with Gasteiger partial charge in [-0.3, -0.25) is 14.9 Å². The highest BCUT2D eigenvalue weighted by molar-refractivity contribution is 14.1. The molecule has 0 heterocycles. The normalized spacial score (nSPS) is 10.2. The first kappa shape index (κ1) is 17.9. The van der Waals surface area contributed by atoms with Crippen molar-refractivity contribution in [2.45, 2.75) is 0 Å². The number of benzene rings is 2.